The molecule has 6 nitrogen and oxygen atoms in total. The number of rotatable bonds is 5. The van der Waals surface area contributed by atoms with Gasteiger partial charge in [-0.1, -0.05) is 30.3 Å². The summed E-state index contributed by atoms with van der Waals surface area (Å²) in [5.74, 6) is 0.348. The Hall–Kier alpha value is -2.76. The van der Waals surface area contributed by atoms with Crippen LogP contribution in [0.5, 0.6) is 0 Å². The van der Waals surface area contributed by atoms with Crippen LogP contribution < -0.4 is 5.32 Å². The molecule has 0 aliphatic carbocycles. The van der Waals surface area contributed by atoms with E-state index in [0.29, 0.717) is 25.5 Å². The van der Waals surface area contributed by atoms with Crippen molar-refractivity contribution in [3.8, 4) is 0 Å². The zero-order valence-electron chi connectivity index (χ0n) is 14.9. The largest absolute Gasteiger partial charge is 0.467 e. The topological polar surface area (TPSA) is 71.8 Å². The molecule has 3 rings (SSSR count). The molecule has 1 fully saturated rings. The molecule has 0 bridgehead atoms. The number of benzene rings is 1. The minimum absolute atomic E-state index is 0.0794. The molecule has 2 amide bonds. The summed E-state index contributed by atoms with van der Waals surface area (Å²) in [7, 11) is 0. The summed E-state index contributed by atoms with van der Waals surface area (Å²) < 4.78 is 10.6. The lowest BCUT2D eigenvalue weighted by molar-refractivity contribution is -0.127. The van der Waals surface area contributed by atoms with E-state index >= 15 is 0 Å². The standard InChI is InChI=1S/C20H24N2O4/c1-2-25-20(24)22-12-6-10-16(14-22)19(23)21-18(17-11-7-13-26-17)15-8-4-3-5-9-15/h3-5,7-9,11,13,16,18H,2,6,10,12,14H2,1H3,(H,21,23). The van der Waals surface area contributed by atoms with Crippen LogP contribution >= 0.6 is 0 Å². The van der Waals surface area contributed by atoms with Crippen molar-refractivity contribution in [3.05, 3.63) is 60.1 Å². The van der Waals surface area contributed by atoms with E-state index in [4.69, 9.17) is 9.15 Å². The fraction of sp³-hybridized carbons (Fsp3) is 0.400. The van der Waals surface area contributed by atoms with Crippen LogP contribution in [0, 0.1) is 5.92 Å². The Balaban J connectivity index is 1.71. The predicted molar refractivity (Wildman–Crippen MR) is 96.5 cm³/mol. The molecule has 2 aromatic rings. The lowest BCUT2D eigenvalue weighted by atomic mass is 9.96. The van der Waals surface area contributed by atoms with E-state index in [-0.39, 0.29) is 24.0 Å². The maximum atomic E-state index is 12.9. The normalized spacial score (nSPS) is 18.2. The fourth-order valence-electron chi connectivity index (χ4n) is 3.25. The minimum Gasteiger partial charge on any atom is -0.467 e. The summed E-state index contributed by atoms with van der Waals surface area (Å²) in [6.45, 7) is 3.12. The van der Waals surface area contributed by atoms with Crippen LogP contribution in [0.1, 0.15) is 37.1 Å². The Bertz CT molecular complexity index is 715. The van der Waals surface area contributed by atoms with Gasteiger partial charge in [0, 0.05) is 13.1 Å². The number of furan rings is 1. The third-order valence-corrected chi connectivity index (χ3v) is 4.57. The van der Waals surface area contributed by atoms with Crippen LogP contribution in [0.3, 0.4) is 0 Å². The molecule has 138 valence electrons. The van der Waals surface area contributed by atoms with E-state index in [0.717, 1.165) is 18.4 Å². The second-order valence-electron chi connectivity index (χ2n) is 6.35. The first-order valence-corrected chi connectivity index (χ1v) is 8.99. The predicted octanol–water partition coefficient (Wildman–Crippen LogP) is 3.35. The smallest absolute Gasteiger partial charge is 0.409 e. The summed E-state index contributed by atoms with van der Waals surface area (Å²) in [6.07, 6.45) is 2.78. The molecular weight excluding hydrogens is 332 g/mol. The Morgan fingerprint density at radius 1 is 1.27 bits per heavy atom. The number of amides is 2. The summed E-state index contributed by atoms with van der Waals surface area (Å²) in [6, 6.07) is 13.0. The van der Waals surface area contributed by atoms with Crippen molar-refractivity contribution in [2.45, 2.75) is 25.8 Å². The number of carbonyl (C=O) groups excluding carboxylic acids is 2. The van der Waals surface area contributed by atoms with Gasteiger partial charge in [0.2, 0.25) is 5.91 Å². The monoisotopic (exact) mass is 356 g/mol. The van der Waals surface area contributed by atoms with Crippen LogP contribution in [0.25, 0.3) is 0 Å². The minimum atomic E-state index is -0.351. The van der Waals surface area contributed by atoms with Crippen molar-refractivity contribution in [3.63, 3.8) is 0 Å². The second kappa shape index (κ2) is 8.56. The summed E-state index contributed by atoms with van der Waals surface area (Å²) in [4.78, 5) is 26.4. The Kier molecular flexibility index (Phi) is 5.94. The molecule has 1 aromatic carbocycles. The van der Waals surface area contributed by atoms with Crippen LogP contribution in [0.4, 0.5) is 4.79 Å². The van der Waals surface area contributed by atoms with E-state index < -0.39 is 0 Å². The highest BCUT2D eigenvalue weighted by Crippen LogP contribution is 2.24. The number of carbonyl (C=O) groups is 2. The van der Waals surface area contributed by atoms with Crippen molar-refractivity contribution in [1.82, 2.24) is 10.2 Å². The molecule has 26 heavy (non-hydrogen) atoms. The van der Waals surface area contributed by atoms with Crippen LogP contribution in [0.15, 0.2) is 53.1 Å². The first kappa shape index (κ1) is 18.0. The van der Waals surface area contributed by atoms with E-state index in [1.807, 2.05) is 36.4 Å². The molecule has 0 saturated carbocycles. The summed E-state index contributed by atoms with van der Waals surface area (Å²) in [5, 5.41) is 3.09. The van der Waals surface area contributed by atoms with Crippen molar-refractivity contribution in [2.24, 2.45) is 5.92 Å². The van der Waals surface area contributed by atoms with Gasteiger partial charge in [0.15, 0.2) is 0 Å². The molecule has 1 aromatic heterocycles. The van der Waals surface area contributed by atoms with Gasteiger partial charge >= 0.3 is 6.09 Å². The number of piperidine rings is 1. The van der Waals surface area contributed by atoms with Crippen LogP contribution in [-0.4, -0.2) is 36.6 Å². The lowest BCUT2D eigenvalue weighted by Crippen LogP contribution is -2.46. The maximum Gasteiger partial charge on any atom is 0.409 e. The second-order valence-corrected chi connectivity index (χ2v) is 6.35. The third-order valence-electron chi connectivity index (χ3n) is 4.57. The van der Waals surface area contributed by atoms with Crippen LogP contribution in [0.2, 0.25) is 0 Å². The molecule has 2 unspecified atom stereocenters. The van der Waals surface area contributed by atoms with E-state index in [1.54, 1.807) is 24.2 Å². The summed E-state index contributed by atoms with van der Waals surface area (Å²) in [5.41, 5.74) is 0.953. The molecule has 1 saturated heterocycles. The van der Waals surface area contributed by atoms with Gasteiger partial charge in [0.25, 0.3) is 0 Å². The van der Waals surface area contributed by atoms with Crippen molar-refractivity contribution >= 4 is 12.0 Å². The van der Waals surface area contributed by atoms with E-state index in [9.17, 15) is 9.59 Å². The Morgan fingerprint density at radius 2 is 2.08 bits per heavy atom. The highest BCUT2D eigenvalue weighted by Gasteiger charge is 2.31. The average Bonchev–Trinajstić information content (AvgIpc) is 3.21. The number of nitrogens with one attached hydrogen (secondary N) is 1. The molecule has 1 N–H and O–H groups in total. The van der Waals surface area contributed by atoms with Gasteiger partial charge in [-0.25, -0.2) is 4.79 Å². The molecule has 1 aliphatic heterocycles. The Morgan fingerprint density at radius 3 is 2.77 bits per heavy atom. The molecule has 0 spiro atoms. The highest BCUT2D eigenvalue weighted by molar-refractivity contribution is 5.80. The zero-order valence-corrected chi connectivity index (χ0v) is 14.9. The number of hydrogen-bond acceptors (Lipinski definition) is 4. The summed E-state index contributed by atoms with van der Waals surface area (Å²) >= 11 is 0. The van der Waals surface area contributed by atoms with Gasteiger partial charge in [0.1, 0.15) is 11.8 Å². The molecule has 2 heterocycles. The fourth-order valence-corrected chi connectivity index (χ4v) is 3.25. The quantitative estimate of drug-likeness (QED) is 0.892. The number of likely N-dealkylation sites (tertiary alicyclic amines) is 1. The molecule has 1 aliphatic rings. The van der Waals surface area contributed by atoms with Gasteiger partial charge in [-0.3, -0.25) is 4.79 Å². The SMILES string of the molecule is CCOC(=O)N1CCCC(C(=O)NC(c2ccccc2)c2ccco2)C1. The van der Waals surface area contributed by atoms with Crippen molar-refractivity contribution < 1.29 is 18.7 Å². The van der Waals surface area contributed by atoms with E-state index in [2.05, 4.69) is 5.32 Å². The van der Waals surface area contributed by atoms with E-state index in [1.165, 1.54) is 0 Å². The first-order valence-electron chi connectivity index (χ1n) is 8.99. The van der Waals surface area contributed by atoms with Gasteiger partial charge < -0.3 is 19.4 Å². The molecule has 2 atom stereocenters. The molecule has 0 radical (unpaired) electrons. The number of ether oxygens (including phenoxy) is 1. The Labute approximate surface area is 153 Å². The maximum absolute atomic E-state index is 12.9. The first-order chi connectivity index (χ1) is 12.7. The van der Waals surface area contributed by atoms with Crippen molar-refractivity contribution in [2.75, 3.05) is 19.7 Å². The molecule has 6 heteroatoms. The van der Waals surface area contributed by atoms with Gasteiger partial charge in [-0.2, -0.15) is 0 Å². The third kappa shape index (κ3) is 4.25. The van der Waals surface area contributed by atoms with Gasteiger partial charge in [-0.05, 0) is 37.5 Å². The average molecular weight is 356 g/mol. The van der Waals surface area contributed by atoms with Gasteiger partial charge in [0.05, 0.1) is 18.8 Å². The number of nitrogens with zero attached hydrogens (tertiary/aromatic N) is 1. The van der Waals surface area contributed by atoms with Crippen LogP contribution in [-0.2, 0) is 9.53 Å². The van der Waals surface area contributed by atoms with Gasteiger partial charge in [-0.15, -0.1) is 0 Å². The highest BCUT2D eigenvalue weighted by atomic mass is 16.6. The zero-order chi connectivity index (χ0) is 18.4. The lowest BCUT2D eigenvalue weighted by Gasteiger charge is -2.32. The number of hydrogen-bond donors (Lipinski definition) is 1. The molecular formula is C20H24N2O4. The van der Waals surface area contributed by atoms with Crippen molar-refractivity contribution in [1.29, 1.82) is 0 Å².